The van der Waals surface area contributed by atoms with Crippen molar-refractivity contribution < 1.29 is 30.5 Å². The molecule has 1 aromatic heterocycles. The first-order valence-corrected chi connectivity index (χ1v) is 9.96. The van der Waals surface area contributed by atoms with Gasteiger partial charge >= 0.3 is 12.1 Å². The summed E-state index contributed by atoms with van der Waals surface area (Å²) in [5.41, 5.74) is 0.0533. The van der Waals surface area contributed by atoms with Gasteiger partial charge in [0.25, 0.3) is 0 Å². The van der Waals surface area contributed by atoms with Crippen LogP contribution in [-0.2, 0) is 22.7 Å². The quantitative estimate of drug-likeness (QED) is 0.741. The number of hydrogen-bond acceptors (Lipinski definition) is 5. The third-order valence-corrected chi connectivity index (χ3v) is 5.86. The van der Waals surface area contributed by atoms with E-state index in [1.165, 1.54) is 12.1 Å². The summed E-state index contributed by atoms with van der Waals surface area (Å²) < 4.78 is 82.3. The number of nitrogens with one attached hydrogen (secondary N) is 1. The van der Waals surface area contributed by atoms with Gasteiger partial charge in [-0.1, -0.05) is 24.1 Å². The number of rotatable bonds is 6. The molecule has 3 rings (SSSR count). The van der Waals surface area contributed by atoms with Crippen LogP contribution in [0.25, 0.3) is 11.4 Å². The molecule has 0 bridgehead atoms. The largest absolute Gasteiger partial charge is 0.471 e. The van der Waals surface area contributed by atoms with Gasteiger partial charge in [0.05, 0.1) is 11.3 Å². The maximum Gasteiger partial charge on any atom is 0.471 e. The third kappa shape index (κ3) is 5.04. The predicted molar refractivity (Wildman–Crippen MR) is 87.3 cm³/mol. The van der Waals surface area contributed by atoms with Crippen LogP contribution >= 0.6 is 0 Å². The van der Waals surface area contributed by atoms with Crippen molar-refractivity contribution in [3.63, 3.8) is 0 Å². The molecular weight excluding hydrogens is 390 g/mol. The Hall–Kier alpha value is -2.01. The van der Waals surface area contributed by atoms with Crippen LogP contribution in [0.15, 0.2) is 22.7 Å². The number of halogens is 4. The Morgan fingerprint density at radius 3 is 2.52 bits per heavy atom. The minimum Gasteiger partial charge on any atom is -0.329 e. The minimum atomic E-state index is -4.82. The summed E-state index contributed by atoms with van der Waals surface area (Å²) in [7, 11) is -3.49. The molecule has 27 heavy (non-hydrogen) atoms. The second-order valence-corrected chi connectivity index (χ2v) is 8.34. The summed E-state index contributed by atoms with van der Waals surface area (Å²) in [6.07, 6.45) is -0.999. The van der Waals surface area contributed by atoms with Gasteiger partial charge in [-0.25, -0.2) is 17.5 Å². The smallest absolute Gasteiger partial charge is 0.329 e. The third-order valence-electron chi connectivity index (χ3n) is 4.37. The molecule has 148 valence electrons. The molecule has 0 aliphatic heterocycles. The van der Waals surface area contributed by atoms with E-state index < -0.39 is 33.7 Å². The van der Waals surface area contributed by atoms with E-state index in [-0.39, 0.29) is 23.8 Å². The van der Waals surface area contributed by atoms with E-state index in [1.54, 1.807) is 0 Å². The number of aromatic nitrogens is 2. The molecule has 0 unspecified atom stereocenters. The molecule has 0 radical (unpaired) electrons. The average Bonchev–Trinajstić information content (AvgIpc) is 3.24. The van der Waals surface area contributed by atoms with Crippen molar-refractivity contribution >= 4 is 10.0 Å². The second kappa shape index (κ2) is 7.55. The molecule has 0 amide bonds. The molecule has 0 saturated heterocycles. The zero-order valence-corrected chi connectivity index (χ0v) is 14.9. The first-order valence-electron chi connectivity index (χ1n) is 8.31. The molecule has 6 nitrogen and oxygen atoms in total. The van der Waals surface area contributed by atoms with Gasteiger partial charge in [-0.15, -0.1) is 0 Å². The van der Waals surface area contributed by atoms with Crippen molar-refractivity contribution in [1.82, 2.24) is 14.9 Å². The zero-order chi connectivity index (χ0) is 19.7. The van der Waals surface area contributed by atoms with Crippen molar-refractivity contribution in [2.75, 3.05) is 5.75 Å². The Bertz CT molecular complexity index is 906. The first kappa shape index (κ1) is 19.7. The number of alkyl halides is 3. The fourth-order valence-corrected chi connectivity index (χ4v) is 4.50. The Labute approximate surface area is 153 Å². The number of benzene rings is 1. The molecule has 0 atom stereocenters. The molecule has 11 heteroatoms. The van der Waals surface area contributed by atoms with Gasteiger partial charge in [0.2, 0.25) is 15.8 Å². The van der Waals surface area contributed by atoms with Crippen molar-refractivity contribution in [3.05, 3.63) is 35.5 Å². The Kier molecular flexibility index (Phi) is 5.52. The Morgan fingerprint density at radius 1 is 1.22 bits per heavy atom. The molecule has 1 aliphatic rings. The summed E-state index contributed by atoms with van der Waals surface area (Å²) in [6, 6.07) is 3.60. The Balaban J connectivity index is 1.67. The normalized spacial score (nSPS) is 16.1. The number of sulfonamides is 1. The maximum absolute atomic E-state index is 14.2. The van der Waals surface area contributed by atoms with Crippen LogP contribution in [0.2, 0.25) is 0 Å². The first-order chi connectivity index (χ1) is 12.6. The van der Waals surface area contributed by atoms with E-state index in [0.29, 0.717) is 5.56 Å². The molecule has 1 aliphatic carbocycles. The van der Waals surface area contributed by atoms with Crippen LogP contribution in [0.3, 0.4) is 0 Å². The van der Waals surface area contributed by atoms with E-state index in [2.05, 4.69) is 19.4 Å². The summed E-state index contributed by atoms with van der Waals surface area (Å²) >= 11 is 0. The lowest BCUT2D eigenvalue weighted by molar-refractivity contribution is -0.159. The second-order valence-electron chi connectivity index (χ2n) is 6.49. The molecule has 0 spiro atoms. The standard InChI is InChI=1S/C16H17F4N3O3S/c17-13-7-11(8-21-27(24,25)9-10-3-1-2-4-10)5-6-12(13)14-22-15(26-23-14)16(18,19)20/h5-7,10,21H,1-4,8-9H2. The fraction of sp³-hybridized carbons (Fsp3) is 0.500. The molecule has 2 aromatic rings. The van der Waals surface area contributed by atoms with Crippen LogP contribution in [0.1, 0.15) is 37.1 Å². The van der Waals surface area contributed by atoms with Crippen molar-refractivity contribution in [1.29, 1.82) is 0 Å². The highest BCUT2D eigenvalue weighted by Gasteiger charge is 2.38. The molecule has 1 saturated carbocycles. The molecular formula is C16H17F4N3O3S. The van der Waals surface area contributed by atoms with E-state index >= 15 is 0 Å². The van der Waals surface area contributed by atoms with Crippen LogP contribution in [-0.4, -0.2) is 24.3 Å². The lowest BCUT2D eigenvalue weighted by Crippen LogP contribution is -2.28. The van der Waals surface area contributed by atoms with Gasteiger partial charge in [0, 0.05) is 6.54 Å². The zero-order valence-electron chi connectivity index (χ0n) is 14.1. The minimum absolute atomic E-state index is 0.0383. The molecule has 1 aromatic carbocycles. The summed E-state index contributed by atoms with van der Waals surface area (Å²) in [5.74, 6) is -2.80. The predicted octanol–water partition coefficient (Wildman–Crippen LogP) is 3.50. The fourth-order valence-electron chi connectivity index (χ4n) is 3.04. The van der Waals surface area contributed by atoms with Crippen molar-refractivity contribution in [2.24, 2.45) is 5.92 Å². The van der Waals surface area contributed by atoms with E-state index in [4.69, 9.17) is 0 Å². The SMILES string of the molecule is O=S(=O)(CC1CCCC1)NCc1ccc(-c2noc(C(F)(F)F)n2)c(F)c1. The topological polar surface area (TPSA) is 85.1 Å². The van der Waals surface area contributed by atoms with Gasteiger partial charge in [0.15, 0.2) is 0 Å². The van der Waals surface area contributed by atoms with Gasteiger partial charge in [-0.2, -0.15) is 18.2 Å². The van der Waals surface area contributed by atoms with E-state index in [0.717, 1.165) is 31.7 Å². The van der Waals surface area contributed by atoms with Crippen LogP contribution < -0.4 is 4.72 Å². The highest BCUT2D eigenvalue weighted by Crippen LogP contribution is 2.30. The lowest BCUT2D eigenvalue weighted by atomic mass is 10.1. The summed E-state index contributed by atoms with van der Waals surface area (Å²) in [6.45, 7) is -0.119. The number of nitrogens with zero attached hydrogens (tertiary/aromatic N) is 2. The molecule has 1 N–H and O–H groups in total. The monoisotopic (exact) mass is 407 g/mol. The van der Waals surface area contributed by atoms with Crippen LogP contribution in [0, 0.1) is 11.7 Å². The maximum atomic E-state index is 14.2. The summed E-state index contributed by atoms with van der Waals surface area (Å²) in [4.78, 5) is 3.13. The highest BCUT2D eigenvalue weighted by atomic mass is 32.2. The van der Waals surface area contributed by atoms with Gasteiger partial charge < -0.3 is 4.52 Å². The Morgan fingerprint density at radius 2 is 1.93 bits per heavy atom. The van der Waals surface area contributed by atoms with E-state index in [1.807, 2.05) is 0 Å². The molecule has 1 fully saturated rings. The van der Waals surface area contributed by atoms with Gasteiger partial charge in [-0.05, 0) is 36.5 Å². The molecule has 1 heterocycles. The van der Waals surface area contributed by atoms with Gasteiger partial charge in [0.1, 0.15) is 5.82 Å². The highest BCUT2D eigenvalue weighted by molar-refractivity contribution is 7.89. The van der Waals surface area contributed by atoms with Crippen LogP contribution in [0.5, 0.6) is 0 Å². The average molecular weight is 407 g/mol. The number of hydrogen-bond donors (Lipinski definition) is 1. The van der Waals surface area contributed by atoms with E-state index in [9.17, 15) is 26.0 Å². The van der Waals surface area contributed by atoms with Crippen molar-refractivity contribution in [2.45, 2.75) is 38.4 Å². The van der Waals surface area contributed by atoms with Crippen molar-refractivity contribution in [3.8, 4) is 11.4 Å². The lowest BCUT2D eigenvalue weighted by Gasteiger charge is -2.11. The van der Waals surface area contributed by atoms with Gasteiger partial charge in [-0.3, -0.25) is 0 Å². The summed E-state index contributed by atoms with van der Waals surface area (Å²) in [5, 5.41) is 3.13. The van der Waals surface area contributed by atoms with Crippen LogP contribution in [0.4, 0.5) is 17.6 Å².